The van der Waals surface area contributed by atoms with Crippen LogP contribution in [-0.4, -0.2) is 97.4 Å². The molecule has 9 heteroatoms. The Labute approximate surface area is 198 Å². The Morgan fingerprint density at radius 3 is 2.50 bits per heavy atom. The molecule has 0 aromatic carbocycles. The Morgan fingerprint density at radius 1 is 1.17 bits per heavy atom. The molecule has 0 spiro atoms. The summed E-state index contributed by atoms with van der Waals surface area (Å²) in [5, 5.41) is 7.54. The molecule has 1 atom stereocenters. The molecule has 0 bridgehead atoms. The number of piperazine rings is 1. The molecule has 1 aromatic rings. The van der Waals surface area contributed by atoms with Crippen LogP contribution in [0.4, 0.5) is 0 Å². The Balaban J connectivity index is 0.00000320. The minimum absolute atomic E-state index is 0. The zero-order valence-electron chi connectivity index (χ0n) is 18.8. The first kappa shape index (κ1) is 25.4. The minimum atomic E-state index is 0. The van der Waals surface area contributed by atoms with Gasteiger partial charge in [-0.05, 0) is 19.3 Å². The number of halogens is 1. The van der Waals surface area contributed by atoms with Crippen LogP contribution in [-0.2, 0) is 11.3 Å². The maximum Gasteiger partial charge on any atom is 0.194 e. The highest BCUT2D eigenvalue weighted by Gasteiger charge is 2.24. The van der Waals surface area contributed by atoms with Crippen molar-refractivity contribution in [1.29, 1.82) is 0 Å². The van der Waals surface area contributed by atoms with Crippen molar-refractivity contribution in [2.45, 2.75) is 39.8 Å². The SMILES string of the molecule is CCNC(=NCC(CC(C)C)N1CCOCC1)N1CCN(Cc2ccon2)CC1.I. The Hall–Kier alpha value is -0.910. The number of guanidine groups is 1. The van der Waals surface area contributed by atoms with E-state index in [1.165, 1.54) is 6.42 Å². The fourth-order valence-corrected chi connectivity index (χ4v) is 4.11. The van der Waals surface area contributed by atoms with Crippen molar-refractivity contribution in [3.63, 3.8) is 0 Å². The summed E-state index contributed by atoms with van der Waals surface area (Å²) < 4.78 is 10.5. The first-order chi connectivity index (χ1) is 14.2. The van der Waals surface area contributed by atoms with Crippen LogP contribution in [0.2, 0.25) is 0 Å². The van der Waals surface area contributed by atoms with Crippen LogP contribution in [0, 0.1) is 5.92 Å². The molecule has 172 valence electrons. The number of hydrogen-bond acceptors (Lipinski definition) is 6. The van der Waals surface area contributed by atoms with Crippen LogP contribution in [0.25, 0.3) is 0 Å². The third-order valence-electron chi connectivity index (χ3n) is 5.64. The fourth-order valence-electron chi connectivity index (χ4n) is 4.11. The molecule has 8 nitrogen and oxygen atoms in total. The van der Waals surface area contributed by atoms with Gasteiger partial charge < -0.3 is 19.5 Å². The number of aliphatic imine (C=N–C) groups is 1. The molecule has 1 aromatic heterocycles. The number of nitrogens with one attached hydrogen (secondary N) is 1. The summed E-state index contributed by atoms with van der Waals surface area (Å²) in [5.74, 6) is 1.72. The van der Waals surface area contributed by atoms with Crippen molar-refractivity contribution in [1.82, 2.24) is 25.2 Å². The summed E-state index contributed by atoms with van der Waals surface area (Å²) in [7, 11) is 0. The number of aromatic nitrogens is 1. The molecule has 2 aliphatic heterocycles. The van der Waals surface area contributed by atoms with E-state index in [4.69, 9.17) is 14.3 Å². The first-order valence-electron chi connectivity index (χ1n) is 11.1. The molecule has 1 N–H and O–H groups in total. The molecule has 30 heavy (non-hydrogen) atoms. The minimum Gasteiger partial charge on any atom is -0.379 e. The van der Waals surface area contributed by atoms with E-state index >= 15 is 0 Å². The molecule has 2 aliphatic rings. The summed E-state index contributed by atoms with van der Waals surface area (Å²) in [5.41, 5.74) is 1.00. The highest BCUT2D eigenvalue weighted by Crippen LogP contribution is 2.15. The van der Waals surface area contributed by atoms with Crippen LogP contribution in [0.15, 0.2) is 21.8 Å². The van der Waals surface area contributed by atoms with Gasteiger partial charge in [-0.3, -0.25) is 14.8 Å². The monoisotopic (exact) mass is 534 g/mol. The van der Waals surface area contributed by atoms with E-state index in [0.717, 1.165) is 83.8 Å². The number of morpholine rings is 1. The predicted molar refractivity (Wildman–Crippen MR) is 130 cm³/mol. The van der Waals surface area contributed by atoms with Crippen molar-refractivity contribution < 1.29 is 9.26 Å². The lowest BCUT2D eigenvalue weighted by molar-refractivity contribution is 0.0142. The summed E-state index contributed by atoms with van der Waals surface area (Å²) in [4.78, 5) is 12.5. The molecular weight excluding hydrogens is 495 g/mol. The molecule has 0 radical (unpaired) electrons. The predicted octanol–water partition coefficient (Wildman–Crippen LogP) is 2.12. The van der Waals surface area contributed by atoms with Crippen LogP contribution in [0.3, 0.4) is 0 Å². The van der Waals surface area contributed by atoms with E-state index < -0.39 is 0 Å². The van der Waals surface area contributed by atoms with Gasteiger partial charge in [0.25, 0.3) is 0 Å². The highest BCUT2D eigenvalue weighted by atomic mass is 127. The maximum atomic E-state index is 5.55. The van der Waals surface area contributed by atoms with E-state index in [1.54, 1.807) is 6.26 Å². The van der Waals surface area contributed by atoms with E-state index in [-0.39, 0.29) is 24.0 Å². The van der Waals surface area contributed by atoms with Gasteiger partial charge in [-0.2, -0.15) is 0 Å². The van der Waals surface area contributed by atoms with Gasteiger partial charge in [0.1, 0.15) is 6.26 Å². The van der Waals surface area contributed by atoms with Crippen molar-refractivity contribution in [3.05, 3.63) is 18.0 Å². The van der Waals surface area contributed by atoms with Gasteiger partial charge in [-0.25, -0.2) is 0 Å². The third kappa shape index (κ3) is 7.97. The quantitative estimate of drug-likeness (QED) is 0.312. The van der Waals surface area contributed by atoms with Crippen LogP contribution >= 0.6 is 24.0 Å². The van der Waals surface area contributed by atoms with Crippen LogP contribution in [0.1, 0.15) is 32.9 Å². The number of hydrogen-bond donors (Lipinski definition) is 1. The zero-order valence-corrected chi connectivity index (χ0v) is 21.1. The summed E-state index contributed by atoms with van der Waals surface area (Å²) in [6.45, 7) is 17.0. The van der Waals surface area contributed by atoms with Gasteiger partial charge in [0.2, 0.25) is 0 Å². The maximum absolute atomic E-state index is 5.55. The average molecular weight is 534 g/mol. The Morgan fingerprint density at radius 2 is 1.90 bits per heavy atom. The lowest BCUT2D eigenvalue weighted by Crippen LogP contribution is -2.52. The number of rotatable bonds is 8. The Bertz CT molecular complexity index is 599. The van der Waals surface area contributed by atoms with Crippen molar-refractivity contribution in [2.24, 2.45) is 10.9 Å². The van der Waals surface area contributed by atoms with Gasteiger partial charge in [0.05, 0.1) is 25.5 Å². The average Bonchev–Trinajstić information content (AvgIpc) is 3.24. The number of nitrogens with zero attached hydrogens (tertiary/aromatic N) is 5. The molecule has 2 saturated heterocycles. The standard InChI is InChI=1S/C21H38N6O2.HI/c1-4-22-21(23-16-20(15-18(2)3)26-10-13-28-14-11-26)27-8-6-25(7-9-27)17-19-5-12-29-24-19;/h5,12,18,20H,4,6-11,13-17H2,1-3H3,(H,22,23);1H. The normalized spacial score (nSPS) is 20.3. The second-order valence-electron chi connectivity index (χ2n) is 8.38. The van der Waals surface area contributed by atoms with Crippen LogP contribution in [0.5, 0.6) is 0 Å². The molecule has 0 amide bonds. The second kappa shape index (κ2) is 13.5. The molecule has 0 saturated carbocycles. The smallest absolute Gasteiger partial charge is 0.194 e. The molecule has 3 rings (SSSR count). The number of ether oxygens (including phenoxy) is 1. The molecule has 2 fully saturated rings. The molecule has 3 heterocycles. The lowest BCUT2D eigenvalue weighted by Gasteiger charge is -2.37. The van der Waals surface area contributed by atoms with Crippen molar-refractivity contribution in [2.75, 3.05) is 65.6 Å². The lowest BCUT2D eigenvalue weighted by atomic mass is 10.0. The zero-order chi connectivity index (χ0) is 20.5. The van der Waals surface area contributed by atoms with Gasteiger partial charge in [-0.15, -0.1) is 24.0 Å². The van der Waals surface area contributed by atoms with Crippen LogP contribution < -0.4 is 5.32 Å². The molecule has 1 unspecified atom stereocenters. The van der Waals surface area contributed by atoms with E-state index in [1.807, 2.05) is 6.07 Å². The largest absolute Gasteiger partial charge is 0.379 e. The highest BCUT2D eigenvalue weighted by molar-refractivity contribution is 14.0. The summed E-state index contributed by atoms with van der Waals surface area (Å²) >= 11 is 0. The van der Waals surface area contributed by atoms with Crippen molar-refractivity contribution in [3.8, 4) is 0 Å². The molecule has 0 aliphatic carbocycles. The topological polar surface area (TPSA) is 69.4 Å². The van der Waals surface area contributed by atoms with E-state index in [2.05, 4.69) is 45.9 Å². The van der Waals surface area contributed by atoms with E-state index in [9.17, 15) is 0 Å². The van der Waals surface area contributed by atoms with Gasteiger partial charge in [0.15, 0.2) is 5.96 Å². The van der Waals surface area contributed by atoms with E-state index in [0.29, 0.717) is 12.0 Å². The van der Waals surface area contributed by atoms with Gasteiger partial charge in [0, 0.05) is 64.5 Å². The Kier molecular flexibility index (Phi) is 11.4. The summed E-state index contributed by atoms with van der Waals surface area (Å²) in [6, 6.07) is 2.43. The van der Waals surface area contributed by atoms with Crippen molar-refractivity contribution >= 4 is 29.9 Å². The fraction of sp³-hybridized carbons (Fsp3) is 0.810. The van der Waals surface area contributed by atoms with Gasteiger partial charge in [-0.1, -0.05) is 19.0 Å². The third-order valence-corrected chi connectivity index (χ3v) is 5.64. The van der Waals surface area contributed by atoms with Gasteiger partial charge >= 0.3 is 0 Å². The second-order valence-corrected chi connectivity index (χ2v) is 8.38. The summed E-state index contributed by atoms with van der Waals surface area (Å²) in [6.07, 6.45) is 2.82. The molecular formula is C21H39IN6O2. The first-order valence-corrected chi connectivity index (χ1v) is 11.1.